The summed E-state index contributed by atoms with van der Waals surface area (Å²) in [6, 6.07) is 3.79. The van der Waals surface area contributed by atoms with E-state index in [4.69, 9.17) is 9.84 Å². The van der Waals surface area contributed by atoms with Crippen molar-refractivity contribution in [2.45, 2.75) is 13.5 Å². The molecule has 0 aliphatic heterocycles. The third-order valence-corrected chi connectivity index (χ3v) is 1.78. The summed E-state index contributed by atoms with van der Waals surface area (Å²) >= 11 is 0. The van der Waals surface area contributed by atoms with Gasteiger partial charge in [-0.25, -0.2) is 9.18 Å². The van der Waals surface area contributed by atoms with Crippen molar-refractivity contribution in [3.05, 3.63) is 29.6 Å². The van der Waals surface area contributed by atoms with Crippen molar-refractivity contribution in [1.29, 1.82) is 0 Å². The first-order valence-corrected chi connectivity index (χ1v) is 4.84. The lowest BCUT2D eigenvalue weighted by Gasteiger charge is -2.07. The average Bonchev–Trinajstić information content (AvgIpc) is 2.26. The monoisotopic (exact) mass is 228 g/mol. The van der Waals surface area contributed by atoms with E-state index < -0.39 is 11.8 Å². The fraction of sp³-hybridized carbons (Fsp3) is 0.364. The van der Waals surface area contributed by atoms with Crippen molar-refractivity contribution in [2.75, 3.05) is 13.2 Å². The van der Waals surface area contributed by atoms with E-state index in [2.05, 4.69) is 4.74 Å². The highest BCUT2D eigenvalue weighted by Gasteiger charge is 2.05. The second-order valence-corrected chi connectivity index (χ2v) is 3.05. The molecule has 0 saturated heterocycles. The maximum absolute atomic E-state index is 13.0. The lowest BCUT2D eigenvalue weighted by atomic mass is 10.2. The van der Waals surface area contributed by atoms with Gasteiger partial charge in [0.05, 0.1) is 13.2 Å². The number of rotatable bonds is 5. The topological polar surface area (TPSA) is 55.8 Å². The molecule has 0 radical (unpaired) electrons. The van der Waals surface area contributed by atoms with Gasteiger partial charge >= 0.3 is 5.97 Å². The molecule has 1 rings (SSSR count). The third kappa shape index (κ3) is 3.86. The Morgan fingerprint density at radius 1 is 1.44 bits per heavy atom. The summed E-state index contributed by atoms with van der Waals surface area (Å²) in [6.07, 6.45) is 0. The van der Waals surface area contributed by atoms with Crippen LogP contribution >= 0.6 is 0 Å². The van der Waals surface area contributed by atoms with Gasteiger partial charge in [-0.1, -0.05) is 0 Å². The first kappa shape index (κ1) is 12.4. The van der Waals surface area contributed by atoms with Crippen LogP contribution in [0.2, 0.25) is 0 Å². The molecule has 0 saturated carbocycles. The van der Waals surface area contributed by atoms with Gasteiger partial charge in [-0.3, -0.25) is 0 Å². The second-order valence-electron chi connectivity index (χ2n) is 3.05. The van der Waals surface area contributed by atoms with E-state index in [1.807, 2.05) is 0 Å². The van der Waals surface area contributed by atoms with Gasteiger partial charge in [-0.2, -0.15) is 0 Å². The maximum Gasteiger partial charge on any atom is 0.344 e. The number of ether oxygens (including phenoxy) is 2. The van der Waals surface area contributed by atoms with E-state index >= 15 is 0 Å². The summed E-state index contributed by atoms with van der Waals surface area (Å²) < 4.78 is 22.6. The van der Waals surface area contributed by atoms with Crippen molar-refractivity contribution in [3.8, 4) is 5.75 Å². The predicted octanol–water partition coefficient (Wildman–Crippen LogP) is 1.26. The van der Waals surface area contributed by atoms with Crippen molar-refractivity contribution < 1.29 is 23.8 Å². The van der Waals surface area contributed by atoms with Crippen LogP contribution < -0.4 is 4.74 Å². The van der Waals surface area contributed by atoms with E-state index in [0.717, 1.165) is 6.07 Å². The number of hydrogen-bond donors (Lipinski definition) is 1. The van der Waals surface area contributed by atoms with Crippen LogP contribution in [0.25, 0.3) is 0 Å². The van der Waals surface area contributed by atoms with Crippen molar-refractivity contribution in [3.63, 3.8) is 0 Å². The molecule has 1 N–H and O–H groups in total. The highest BCUT2D eigenvalue weighted by atomic mass is 19.1. The summed E-state index contributed by atoms with van der Waals surface area (Å²) in [6.45, 7) is 1.40. The number of esters is 1. The molecular weight excluding hydrogens is 215 g/mol. The summed E-state index contributed by atoms with van der Waals surface area (Å²) in [5.41, 5.74) is 0.388. The normalized spacial score (nSPS) is 9.94. The maximum atomic E-state index is 13.0. The highest BCUT2D eigenvalue weighted by molar-refractivity contribution is 5.71. The standard InChI is InChI=1S/C11H13FO4/c1-2-15-11(14)7-16-10-4-8(6-13)3-9(12)5-10/h3-5,13H,2,6-7H2,1H3. The van der Waals surface area contributed by atoms with Gasteiger partial charge in [0.2, 0.25) is 0 Å². The summed E-state index contributed by atoms with van der Waals surface area (Å²) in [7, 11) is 0. The Morgan fingerprint density at radius 2 is 2.19 bits per heavy atom. The minimum atomic E-state index is -0.523. The number of benzene rings is 1. The molecule has 1 aromatic rings. The Kier molecular flexibility index (Phi) is 4.72. The molecule has 0 amide bonds. The first-order valence-electron chi connectivity index (χ1n) is 4.84. The number of carbonyl (C=O) groups excluding carboxylic acids is 1. The average molecular weight is 228 g/mol. The van der Waals surface area contributed by atoms with E-state index in [9.17, 15) is 9.18 Å². The number of halogens is 1. The molecule has 88 valence electrons. The van der Waals surface area contributed by atoms with Gasteiger partial charge in [-0.15, -0.1) is 0 Å². The lowest BCUT2D eigenvalue weighted by Crippen LogP contribution is -2.14. The number of aliphatic hydroxyl groups excluding tert-OH is 1. The zero-order valence-electron chi connectivity index (χ0n) is 8.90. The van der Waals surface area contributed by atoms with Crippen molar-refractivity contribution in [1.82, 2.24) is 0 Å². The molecule has 16 heavy (non-hydrogen) atoms. The molecule has 0 heterocycles. The first-order chi connectivity index (χ1) is 7.65. The smallest absolute Gasteiger partial charge is 0.344 e. The fourth-order valence-electron chi connectivity index (χ4n) is 1.14. The third-order valence-electron chi connectivity index (χ3n) is 1.78. The molecule has 5 heteroatoms. The summed E-state index contributed by atoms with van der Waals surface area (Å²) in [4.78, 5) is 11.0. The van der Waals surface area contributed by atoms with Gasteiger partial charge in [0.1, 0.15) is 11.6 Å². The van der Waals surface area contributed by atoms with Crippen molar-refractivity contribution >= 4 is 5.97 Å². The molecule has 0 unspecified atom stereocenters. The predicted molar refractivity (Wildman–Crippen MR) is 54.5 cm³/mol. The van der Waals surface area contributed by atoms with Crippen molar-refractivity contribution in [2.24, 2.45) is 0 Å². The molecule has 0 aromatic heterocycles. The number of hydrogen-bond acceptors (Lipinski definition) is 4. The van der Waals surface area contributed by atoms with E-state index in [1.165, 1.54) is 12.1 Å². The lowest BCUT2D eigenvalue weighted by molar-refractivity contribution is -0.145. The van der Waals surface area contributed by atoms with Crippen LogP contribution in [0.4, 0.5) is 4.39 Å². The van der Waals surface area contributed by atoms with E-state index in [-0.39, 0.29) is 25.6 Å². The van der Waals surface area contributed by atoms with Gasteiger partial charge in [0.15, 0.2) is 6.61 Å². The quantitative estimate of drug-likeness (QED) is 0.771. The number of carbonyl (C=O) groups is 1. The molecule has 1 aromatic carbocycles. The zero-order valence-corrected chi connectivity index (χ0v) is 8.90. The minimum absolute atomic E-state index is 0.192. The molecule has 0 aliphatic rings. The highest BCUT2D eigenvalue weighted by Crippen LogP contribution is 2.16. The fourth-order valence-corrected chi connectivity index (χ4v) is 1.14. The summed E-state index contributed by atoms with van der Waals surface area (Å²) in [5.74, 6) is -0.847. The molecule has 0 bridgehead atoms. The Balaban J connectivity index is 2.59. The van der Waals surface area contributed by atoms with Gasteiger partial charge in [-0.05, 0) is 24.6 Å². The van der Waals surface area contributed by atoms with Crippen LogP contribution in [0.1, 0.15) is 12.5 Å². The van der Waals surface area contributed by atoms with Gasteiger partial charge < -0.3 is 14.6 Å². The molecule has 0 aliphatic carbocycles. The molecule has 0 atom stereocenters. The Hall–Kier alpha value is -1.62. The molecular formula is C11H13FO4. The van der Waals surface area contributed by atoms with Crippen LogP contribution in [0.15, 0.2) is 18.2 Å². The minimum Gasteiger partial charge on any atom is -0.482 e. The number of aliphatic hydroxyl groups is 1. The Morgan fingerprint density at radius 3 is 2.81 bits per heavy atom. The van der Waals surface area contributed by atoms with Gasteiger partial charge in [0.25, 0.3) is 0 Å². The Bertz CT molecular complexity index is 365. The molecule has 4 nitrogen and oxygen atoms in total. The van der Waals surface area contributed by atoms with Crippen LogP contribution in [-0.2, 0) is 16.1 Å². The van der Waals surface area contributed by atoms with E-state index in [1.54, 1.807) is 6.92 Å². The zero-order chi connectivity index (χ0) is 12.0. The largest absolute Gasteiger partial charge is 0.482 e. The van der Waals surface area contributed by atoms with Crippen LogP contribution in [-0.4, -0.2) is 24.3 Å². The van der Waals surface area contributed by atoms with Crippen LogP contribution in [0.5, 0.6) is 5.75 Å². The Labute approximate surface area is 92.6 Å². The van der Waals surface area contributed by atoms with Crippen LogP contribution in [0, 0.1) is 5.82 Å². The SMILES string of the molecule is CCOC(=O)COc1cc(F)cc(CO)c1. The summed E-state index contributed by atoms with van der Waals surface area (Å²) in [5, 5.41) is 8.83. The molecule has 0 fully saturated rings. The van der Waals surface area contributed by atoms with E-state index in [0.29, 0.717) is 5.56 Å². The molecule has 0 spiro atoms. The van der Waals surface area contributed by atoms with Crippen LogP contribution in [0.3, 0.4) is 0 Å². The second kappa shape index (κ2) is 6.07. The van der Waals surface area contributed by atoms with Gasteiger partial charge in [0, 0.05) is 6.07 Å².